The lowest BCUT2D eigenvalue weighted by atomic mass is 10.00. The number of hydrogen-bond acceptors (Lipinski definition) is 11. The van der Waals surface area contributed by atoms with Gasteiger partial charge in [-0.05, 0) is 60.9 Å². The molecular formula is C41H48FN7O15. The smallest absolute Gasteiger partial charge is 0.326 e. The molecule has 0 radical (unpaired) electrons. The van der Waals surface area contributed by atoms with Gasteiger partial charge >= 0.3 is 35.9 Å². The third kappa shape index (κ3) is 17.7. The summed E-state index contributed by atoms with van der Waals surface area (Å²) in [6.07, 6.45) is -2.39. The summed E-state index contributed by atoms with van der Waals surface area (Å²) >= 11 is 0. The average molecular weight is 897 g/mol. The van der Waals surface area contributed by atoms with Crippen molar-refractivity contribution in [3.05, 3.63) is 77.9 Å². The molecule has 6 amide bonds. The van der Waals surface area contributed by atoms with Crippen molar-refractivity contribution in [2.45, 2.75) is 94.4 Å². The van der Waals surface area contributed by atoms with Gasteiger partial charge in [-0.25, -0.2) is 19.4 Å². The molecule has 64 heavy (non-hydrogen) atoms. The number of carboxylic acids is 5. The van der Waals surface area contributed by atoms with Crippen molar-refractivity contribution in [2.75, 3.05) is 6.54 Å². The second-order valence-electron chi connectivity index (χ2n) is 14.4. The number of rotatable bonds is 27. The fraction of sp³-hybridized carbons (Fsp3) is 0.390. The Bertz CT molecular complexity index is 2210. The third-order valence-corrected chi connectivity index (χ3v) is 9.50. The SMILES string of the molecule is O=C(O)CCC(NC(=O)c1ccnc([18F])c1)C(=O)NC(CCC(=O)O)C(=O)NC(Cc1ccc2ccccc2c1)C(=O)NCCCCC(NC(=O)N[C@@H](CCC(=O)O)C(=O)O)C(=O)O. The van der Waals surface area contributed by atoms with Crippen LogP contribution >= 0.6 is 0 Å². The van der Waals surface area contributed by atoms with Crippen molar-refractivity contribution in [2.24, 2.45) is 0 Å². The monoisotopic (exact) mass is 896 g/mol. The van der Waals surface area contributed by atoms with Gasteiger partial charge in [0.1, 0.15) is 30.2 Å². The summed E-state index contributed by atoms with van der Waals surface area (Å²) in [5.74, 6) is -11.8. The van der Waals surface area contributed by atoms with E-state index in [4.69, 9.17) is 5.11 Å². The Morgan fingerprint density at radius 3 is 1.64 bits per heavy atom. The number of pyridine rings is 1. The van der Waals surface area contributed by atoms with Crippen LogP contribution in [0.5, 0.6) is 0 Å². The largest absolute Gasteiger partial charge is 0.481 e. The molecular weight excluding hydrogens is 848 g/mol. The lowest BCUT2D eigenvalue weighted by molar-refractivity contribution is -0.141. The van der Waals surface area contributed by atoms with Gasteiger partial charge in [-0.3, -0.25) is 33.6 Å². The molecule has 2 aromatic carbocycles. The minimum Gasteiger partial charge on any atom is -0.481 e. The number of aromatic nitrogens is 1. The molecule has 1 aromatic heterocycles. The second kappa shape index (κ2) is 25.3. The molecule has 4 unspecified atom stereocenters. The summed E-state index contributed by atoms with van der Waals surface area (Å²) in [7, 11) is 0. The third-order valence-electron chi connectivity index (χ3n) is 9.50. The van der Waals surface area contributed by atoms with Gasteiger partial charge in [-0.1, -0.05) is 42.5 Å². The van der Waals surface area contributed by atoms with Crippen LogP contribution in [0.3, 0.4) is 0 Å². The van der Waals surface area contributed by atoms with E-state index in [9.17, 15) is 72.8 Å². The molecule has 0 aliphatic carbocycles. The molecule has 0 saturated carbocycles. The van der Waals surface area contributed by atoms with Crippen molar-refractivity contribution in [3.8, 4) is 0 Å². The fourth-order valence-electron chi connectivity index (χ4n) is 6.16. The summed E-state index contributed by atoms with van der Waals surface area (Å²) in [5, 5.41) is 62.1. The first kappa shape index (κ1) is 50.6. The molecule has 0 fully saturated rings. The minimum atomic E-state index is -1.64. The van der Waals surface area contributed by atoms with E-state index in [2.05, 4.69) is 31.6 Å². The Kier molecular flexibility index (Phi) is 20.0. The molecule has 344 valence electrons. The normalized spacial score (nSPS) is 13.1. The topological polar surface area (TPSA) is 357 Å². The van der Waals surface area contributed by atoms with Crippen LogP contribution in [-0.2, 0) is 44.8 Å². The van der Waals surface area contributed by atoms with Gasteiger partial charge < -0.3 is 57.4 Å². The van der Waals surface area contributed by atoms with Crippen molar-refractivity contribution >= 4 is 70.3 Å². The molecule has 3 aromatic rings. The number of amides is 6. The van der Waals surface area contributed by atoms with E-state index in [1.807, 2.05) is 23.5 Å². The van der Waals surface area contributed by atoms with E-state index < -0.39 is 134 Å². The van der Waals surface area contributed by atoms with Crippen LogP contribution in [0.2, 0.25) is 0 Å². The van der Waals surface area contributed by atoms with Crippen molar-refractivity contribution in [1.82, 2.24) is 36.9 Å². The molecule has 11 N–H and O–H groups in total. The molecule has 0 spiro atoms. The van der Waals surface area contributed by atoms with E-state index in [1.165, 1.54) is 0 Å². The summed E-state index contributed by atoms with van der Waals surface area (Å²) in [4.78, 5) is 127. The number of urea groups is 1. The second-order valence-corrected chi connectivity index (χ2v) is 14.4. The van der Waals surface area contributed by atoms with Crippen molar-refractivity contribution < 1.29 is 77.9 Å². The quantitative estimate of drug-likeness (QED) is 0.0372. The molecule has 5 atom stereocenters. The van der Waals surface area contributed by atoms with Crippen LogP contribution in [0.25, 0.3) is 10.8 Å². The number of halogens is 1. The van der Waals surface area contributed by atoms with Crippen molar-refractivity contribution in [1.29, 1.82) is 0 Å². The molecule has 3 rings (SSSR count). The first-order valence-electron chi connectivity index (χ1n) is 19.8. The highest BCUT2D eigenvalue weighted by molar-refractivity contribution is 5.99. The van der Waals surface area contributed by atoms with Crippen LogP contribution in [0.4, 0.5) is 9.18 Å². The Morgan fingerprint density at radius 2 is 1.08 bits per heavy atom. The zero-order chi connectivity index (χ0) is 47.3. The van der Waals surface area contributed by atoms with Gasteiger partial charge in [0.15, 0.2) is 0 Å². The fourth-order valence-corrected chi connectivity index (χ4v) is 6.16. The summed E-state index contributed by atoms with van der Waals surface area (Å²) < 4.78 is 13.7. The minimum absolute atomic E-state index is 0.0801. The predicted octanol–water partition coefficient (Wildman–Crippen LogP) is 0.771. The Balaban J connectivity index is 1.76. The maximum Gasteiger partial charge on any atom is 0.326 e. The standard InChI is InChI=1S/C41H48FN7O15/c42-31-21-25(16-18-43-31)35(56)45-26(10-13-32(50)51)37(58)46-27(11-14-33(52)53)38(59)47-30(20-22-8-9-23-5-1-2-6-24(23)19-22)36(57)44-17-4-3-7-28(39(60)61)48-41(64)49-29(40(62)63)12-15-34(54)55/h1-2,5-6,8-9,16,18-19,21,26-30H,3-4,7,10-15,17,20H2,(H,44,57)(H,45,56)(H,46,58)(H,47,59)(H,50,51)(H,52,53)(H,54,55)(H,60,61)(H,62,63)(H2,48,49,64)/t26?,27?,28?,29-,30?/m0/s1/i42-1. The van der Waals surface area contributed by atoms with Crippen LogP contribution in [0, 0.1) is 5.95 Å². The number of carboxylic acid groups (broad SMARTS) is 5. The van der Waals surface area contributed by atoms with E-state index in [1.54, 1.807) is 24.3 Å². The summed E-state index contributed by atoms with van der Waals surface area (Å²) in [6, 6.07) is 5.60. The van der Waals surface area contributed by atoms with Gasteiger partial charge in [0, 0.05) is 50.1 Å². The van der Waals surface area contributed by atoms with Crippen LogP contribution < -0.4 is 31.9 Å². The Labute approximate surface area is 363 Å². The number of aliphatic carboxylic acids is 5. The highest BCUT2D eigenvalue weighted by atomic mass is 18.2. The molecule has 0 saturated heterocycles. The van der Waals surface area contributed by atoms with Crippen LogP contribution in [0.1, 0.15) is 73.7 Å². The zero-order valence-electron chi connectivity index (χ0n) is 34.1. The highest BCUT2D eigenvalue weighted by Gasteiger charge is 2.31. The average Bonchev–Trinajstić information content (AvgIpc) is 3.23. The highest BCUT2D eigenvalue weighted by Crippen LogP contribution is 2.17. The molecule has 1 heterocycles. The van der Waals surface area contributed by atoms with Gasteiger partial charge in [-0.2, -0.15) is 4.39 Å². The number of carbonyl (C=O) groups is 10. The number of benzene rings is 2. The van der Waals surface area contributed by atoms with E-state index >= 15 is 0 Å². The van der Waals surface area contributed by atoms with Gasteiger partial charge in [0.2, 0.25) is 23.7 Å². The number of fused-ring (bicyclic) bond motifs is 1. The Morgan fingerprint density at radius 1 is 0.547 bits per heavy atom. The molecule has 23 heteroatoms. The summed E-state index contributed by atoms with van der Waals surface area (Å²) in [5.41, 5.74) is 0.322. The zero-order valence-corrected chi connectivity index (χ0v) is 34.1. The number of nitrogens with zero attached hydrogens (tertiary/aromatic N) is 1. The maximum absolute atomic E-state index is 13.9. The predicted molar refractivity (Wildman–Crippen MR) is 219 cm³/mol. The molecule has 0 bridgehead atoms. The van der Waals surface area contributed by atoms with Gasteiger partial charge in [-0.15, -0.1) is 0 Å². The molecule has 0 aliphatic rings. The molecule has 22 nitrogen and oxygen atoms in total. The van der Waals surface area contributed by atoms with Crippen LogP contribution in [0.15, 0.2) is 60.8 Å². The van der Waals surface area contributed by atoms with E-state index in [0.29, 0.717) is 5.56 Å². The summed E-state index contributed by atoms with van der Waals surface area (Å²) in [6.45, 7) is -0.0801. The lowest BCUT2D eigenvalue weighted by Crippen LogP contribution is -2.57. The Hall–Kier alpha value is -7.72. The van der Waals surface area contributed by atoms with Gasteiger partial charge in [0.25, 0.3) is 5.91 Å². The number of hydrogen-bond donors (Lipinski definition) is 11. The lowest BCUT2D eigenvalue weighted by Gasteiger charge is -2.25. The first-order valence-corrected chi connectivity index (χ1v) is 19.8. The number of nitrogens with one attached hydrogen (secondary N) is 6. The first-order chi connectivity index (χ1) is 30.3. The molecule has 0 aliphatic heterocycles. The van der Waals surface area contributed by atoms with E-state index in [-0.39, 0.29) is 37.8 Å². The van der Waals surface area contributed by atoms with E-state index in [0.717, 1.165) is 29.1 Å². The van der Waals surface area contributed by atoms with Crippen LogP contribution in [-0.4, -0.2) is 127 Å². The van der Waals surface area contributed by atoms with Gasteiger partial charge in [0.05, 0.1) is 0 Å². The number of unbranched alkanes of at least 4 members (excludes halogenated alkanes) is 1. The maximum atomic E-state index is 13.9. The number of carbonyl (C=O) groups excluding carboxylic acids is 5. The van der Waals surface area contributed by atoms with Crippen molar-refractivity contribution in [3.63, 3.8) is 0 Å².